The number of aryl methyl sites for hydroxylation is 2. The quantitative estimate of drug-likeness (QED) is 0.753. The third-order valence-electron chi connectivity index (χ3n) is 4.06. The van der Waals surface area contributed by atoms with Gasteiger partial charge in [-0.2, -0.15) is 0 Å². The van der Waals surface area contributed by atoms with Gasteiger partial charge in [-0.05, 0) is 37.6 Å². The number of nitrogens with zero attached hydrogens (tertiary/aromatic N) is 2. The number of fused-ring (bicyclic) bond motifs is 1. The third kappa shape index (κ3) is 3.05. The number of methoxy groups -OCH3 is 1. The fraction of sp³-hybridized carbons (Fsp3) is 0.333. The van der Waals surface area contributed by atoms with Crippen molar-refractivity contribution in [3.05, 3.63) is 47.5 Å². The summed E-state index contributed by atoms with van der Waals surface area (Å²) in [5.41, 5.74) is 3.06. The lowest BCUT2D eigenvalue weighted by Gasteiger charge is -2.07. The summed E-state index contributed by atoms with van der Waals surface area (Å²) in [6, 6.07) is 7.90. The maximum Gasteiger partial charge on any atom is 0.261 e. The number of benzene rings is 1. The molecule has 0 unspecified atom stereocenters. The first kappa shape index (κ1) is 16.3. The first-order valence-corrected chi connectivity index (χ1v) is 7.98. The van der Waals surface area contributed by atoms with Gasteiger partial charge in [-0.25, -0.2) is 0 Å². The molecule has 3 rings (SSSR count). The number of hydrogen-bond donors (Lipinski definition) is 1. The van der Waals surface area contributed by atoms with Crippen LogP contribution in [0.2, 0.25) is 0 Å². The third-order valence-corrected chi connectivity index (χ3v) is 4.06. The van der Waals surface area contributed by atoms with Crippen LogP contribution in [0.15, 0.2) is 35.0 Å². The molecule has 0 fully saturated rings. The summed E-state index contributed by atoms with van der Waals surface area (Å²) in [5, 5.41) is 7.93. The molecular weight excluding hydrogens is 306 g/mol. The van der Waals surface area contributed by atoms with Crippen LogP contribution in [-0.2, 0) is 17.7 Å². The molecule has 126 valence electrons. The van der Waals surface area contributed by atoms with E-state index in [4.69, 9.17) is 9.26 Å². The summed E-state index contributed by atoms with van der Waals surface area (Å²) in [6.45, 7) is 5.16. The number of rotatable bonds is 6. The number of carbonyl (C=O) groups excluding carboxylic acids is 1. The van der Waals surface area contributed by atoms with Gasteiger partial charge in [-0.3, -0.25) is 4.79 Å². The van der Waals surface area contributed by atoms with Gasteiger partial charge in [0, 0.05) is 36.4 Å². The van der Waals surface area contributed by atoms with Crippen LogP contribution < -0.4 is 5.32 Å². The van der Waals surface area contributed by atoms with Crippen molar-refractivity contribution in [2.75, 3.05) is 19.0 Å². The molecule has 0 aliphatic heterocycles. The summed E-state index contributed by atoms with van der Waals surface area (Å²) in [7, 11) is 1.69. The van der Waals surface area contributed by atoms with Crippen LogP contribution in [0.4, 0.5) is 5.69 Å². The van der Waals surface area contributed by atoms with Crippen molar-refractivity contribution in [1.29, 1.82) is 0 Å². The zero-order chi connectivity index (χ0) is 17.1. The van der Waals surface area contributed by atoms with E-state index >= 15 is 0 Å². The van der Waals surface area contributed by atoms with Crippen LogP contribution in [0.1, 0.15) is 28.7 Å². The Kier molecular flexibility index (Phi) is 4.66. The van der Waals surface area contributed by atoms with Gasteiger partial charge in [-0.15, -0.1) is 0 Å². The van der Waals surface area contributed by atoms with Gasteiger partial charge < -0.3 is 19.1 Å². The van der Waals surface area contributed by atoms with E-state index in [0.717, 1.165) is 23.1 Å². The highest BCUT2D eigenvalue weighted by Gasteiger charge is 2.19. The molecule has 2 heterocycles. The summed E-state index contributed by atoms with van der Waals surface area (Å²) < 4.78 is 12.4. The molecule has 1 N–H and O–H groups in total. The summed E-state index contributed by atoms with van der Waals surface area (Å²) in [4.78, 5) is 12.5. The van der Waals surface area contributed by atoms with Crippen LogP contribution in [0.25, 0.3) is 10.9 Å². The largest absolute Gasteiger partial charge is 0.383 e. The Morgan fingerprint density at radius 2 is 2.21 bits per heavy atom. The fourth-order valence-electron chi connectivity index (χ4n) is 2.81. The highest BCUT2D eigenvalue weighted by atomic mass is 16.5. The van der Waals surface area contributed by atoms with E-state index in [1.54, 1.807) is 14.0 Å². The molecule has 2 aromatic heterocycles. The minimum Gasteiger partial charge on any atom is -0.383 e. The molecule has 24 heavy (non-hydrogen) atoms. The fourth-order valence-corrected chi connectivity index (χ4v) is 2.81. The van der Waals surface area contributed by atoms with Gasteiger partial charge in [0.1, 0.15) is 11.3 Å². The Morgan fingerprint density at radius 3 is 2.96 bits per heavy atom. The SMILES string of the molecule is CCc1noc(C)c1C(=O)Nc1ccc2c(ccn2CCOC)c1. The molecule has 6 heteroatoms. The molecule has 0 radical (unpaired) electrons. The van der Waals surface area contributed by atoms with Crippen LogP contribution in [0.5, 0.6) is 0 Å². The molecule has 0 saturated carbocycles. The van der Waals surface area contributed by atoms with Gasteiger partial charge >= 0.3 is 0 Å². The molecule has 3 aromatic rings. The van der Waals surface area contributed by atoms with E-state index in [2.05, 4.69) is 15.0 Å². The maximum absolute atomic E-state index is 12.5. The number of hydrogen-bond acceptors (Lipinski definition) is 4. The van der Waals surface area contributed by atoms with Crippen molar-refractivity contribution in [3.63, 3.8) is 0 Å². The Labute approximate surface area is 140 Å². The van der Waals surface area contributed by atoms with Crippen molar-refractivity contribution in [3.8, 4) is 0 Å². The molecule has 0 bridgehead atoms. The molecule has 0 saturated heterocycles. The highest BCUT2D eigenvalue weighted by Crippen LogP contribution is 2.22. The highest BCUT2D eigenvalue weighted by molar-refractivity contribution is 6.06. The lowest BCUT2D eigenvalue weighted by atomic mass is 10.1. The maximum atomic E-state index is 12.5. The zero-order valence-corrected chi connectivity index (χ0v) is 14.1. The monoisotopic (exact) mass is 327 g/mol. The molecule has 0 spiro atoms. The number of amides is 1. The van der Waals surface area contributed by atoms with Crippen molar-refractivity contribution < 1.29 is 14.1 Å². The van der Waals surface area contributed by atoms with Crippen LogP contribution in [0.3, 0.4) is 0 Å². The Balaban J connectivity index is 1.82. The van der Waals surface area contributed by atoms with Crippen molar-refractivity contribution in [2.45, 2.75) is 26.8 Å². The zero-order valence-electron chi connectivity index (χ0n) is 14.1. The topological polar surface area (TPSA) is 69.3 Å². The van der Waals surface area contributed by atoms with Gasteiger partial charge in [0.05, 0.1) is 12.3 Å². The van der Waals surface area contributed by atoms with E-state index < -0.39 is 0 Å². The molecule has 0 aliphatic rings. The summed E-state index contributed by atoms with van der Waals surface area (Å²) in [6.07, 6.45) is 2.68. The molecule has 1 amide bonds. The summed E-state index contributed by atoms with van der Waals surface area (Å²) in [5.74, 6) is 0.347. The van der Waals surface area contributed by atoms with Gasteiger partial charge in [0.25, 0.3) is 5.91 Å². The van der Waals surface area contributed by atoms with Crippen LogP contribution in [-0.4, -0.2) is 29.3 Å². The van der Waals surface area contributed by atoms with Crippen molar-refractivity contribution >= 4 is 22.5 Å². The van der Waals surface area contributed by atoms with E-state index in [1.807, 2.05) is 37.4 Å². The average Bonchev–Trinajstić information content (AvgIpc) is 3.15. The minimum atomic E-state index is -0.191. The van der Waals surface area contributed by atoms with Crippen molar-refractivity contribution in [1.82, 2.24) is 9.72 Å². The van der Waals surface area contributed by atoms with Crippen LogP contribution in [0, 0.1) is 6.92 Å². The number of anilines is 1. The standard InChI is InChI=1S/C18H21N3O3/c1-4-15-17(12(2)24-20-15)18(22)19-14-5-6-16-13(11-14)7-8-21(16)9-10-23-3/h5-8,11H,4,9-10H2,1-3H3,(H,19,22). The predicted octanol–water partition coefficient (Wildman–Crippen LogP) is 3.40. The Bertz CT molecular complexity index is 864. The lowest BCUT2D eigenvalue weighted by Crippen LogP contribution is -2.14. The van der Waals surface area contributed by atoms with E-state index in [0.29, 0.717) is 30.0 Å². The molecule has 0 aliphatic carbocycles. The molecular formula is C18H21N3O3. The second-order valence-electron chi connectivity index (χ2n) is 5.64. The lowest BCUT2D eigenvalue weighted by molar-refractivity contribution is 0.102. The number of ether oxygens (including phenoxy) is 1. The number of aromatic nitrogens is 2. The van der Waals surface area contributed by atoms with Gasteiger partial charge in [0.2, 0.25) is 0 Å². The Hall–Kier alpha value is -2.60. The summed E-state index contributed by atoms with van der Waals surface area (Å²) >= 11 is 0. The van der Waals surface area contributed by atoms with Gasteiger partial charge in [0.15, 0.2) is 0 Å². The second-order valence-corrected chi connectivity index (χ2v) is 5.64. The smallest absolute Gasteiger partial charge is 0.261 e. The van der Waals surface area contributed by atoms with Gasteiger partial charge in [-0.1, -0.05) is 12.1 Å². The second kappa shape index (κ2) is 6.88. The van der Waals surface area contributed by atoms with E-state index in [9.17, 15) is 4.79 Å². The number of nitrogens with one attached hydrogen (secondary N) is 1. The molecule has 1 aromatic carbocycles. The number of carbonyl (C=O) groups is 1. The minimum absolute atomic E-state index is 0.191. The normalized spacial score (nSPS) is 11.1. The first-order chi connectivity index (χ1) is 11.6. The van der Waals surface area contributed by atoms with Crippen LogP contribution >= 0.6 is 0 Å². The molecule has 0 atom stereocenters. The predicted molar refractivity (Wildman–Crippen MR) is 92.4 cm³/mol. The Morgan fingerprint density at radius 1 is 1.38 bits per heavy atom. The first-order valence-electron chi connectivity index (χ1n) is 7.98. The van der Waals surface area contributed by atoms with E-state index in [-0.39, 0.29) is 5.91 Å². The molecule has 6 nitrogen and oxygen atoms in total. The van der Waals surface area contributed by atoms with E-state index in [1.165, 1.54) is 0 Å². The average molecular weight is 327 g/mol. The van der Waals surface area contributed by atoms with Crippen molar-refractivity contribution in [2.24, 2.45) is 0 Å².